The average Bonchev–Trinajstić information content (AvgIpc) is 3.03. The molecule has 0 saturated carbocycles. The van der Waals surface area contributed by atoms with Gasteiger partial charge in [0, 0.05) is 11.4 Å². The molecule has 1 aliphatic heterocycles. The molecule has 0 aliphatic carbocycles. The van der Waals surface area contributed by atoms with Crippen molar-refractivity contribution in [2.45, 2.75) is 13.8 Å². The number of rotatable bonds is 3. The van der Waals surface area contributed by atoms with E-state index in [-0.39, 0.29) is 21.4 Å². The first-order valence-electron chi connectivity index (χ1n) is 9.60. The summed E-state index contributed by atoms with van der Waals surface area (Å²) in [5.41, 5.74) is 2.97. The number of hydrogen-bond donors (Lipinski definition) is 1. The van der Waals surface area contributed by atoms with Crippen LogP contribution in [0.2, 0.25) is 15.1 Å². The fraction of sp³-hybridized carbons (Fsp3) is 0.0870. The Morgan fingerprint density at radius 3 is 2.45 bits per heavy atom. The van der Waals surface area contributed by atoms with Gasteiger partial charge in [0.1, 0.15) is 11.4 Å². The van der Waals surface area contributed by atoms with Crippen LogP contribution in [0.1, 0.15) is 17.0 Å². The maximum Gasteiger partial charge on any atom is 0.270 e. The fourth-order valence-electron chi connectivity index (χ4n) is 3.64. The Morgan fingerprint density at radius 2 is 1.76 bits per heavy atom. The molecule has 0 radical (unpaired) electrons. The lowest BCUT2D eigenvalue weighted by Crippen LogP contribution is -2.54. The zero-order valence-corrected chi connectivity index (χ0v) is 20.3. The Bertz CT molecular complexity index is 1380. The molecule has 168 valence electrons. The van der Waals surface area contributed by atoms with Crippen molar-refractivity contribution < 1.29 is 14.0 Å². The Morgan fingerprint density at radius 1 is 1.03 bits per heavy atom. The highest BCUT2D eigenvalue weighted by Crippen LogP contribution is 2.33. The van der Waals surface area contributed by atoms with E-state index in [1.165, 1.54) is 18.2 Å². The summed E-state index contributed by atoms with van der Waals surface area (Å²) in [5, 5.41) is 2.99. The highest BCUT2D eigenvalue weighted by molar-refractivity contribution is 7.80. The zero-order chi connectivity index (χ0) is 24.0. The van der Waals surface area contributed by atoms with Gasteiger partial charge in [0.15, 0.2) is 5.11 Å². The number of amides is 2. The lowest BCUT2D eigenvalue weighted by molar-refractivity contribution is -0.122. The van der Waals surface area contributed by atoms with Gasteiger partial charge in [-0.1, -0.05) is 40.9 Å². The van der Waals surface area contributed by atoms with Crippen LogP contribution in [0.4, 0.5) is 10.1 Å². The third-order valence-electron chi connectivity index (χ3n) is 5.21. The van der Waals surface area contributed by atoms with E-state index in [9.17, 15) is 14.0 Å². The van der Waals surface area contributed by atoms with Gasteiger partial charge in [-0.25, -0.2) is 4.39 Å². The van der Waals surface area contributed by atoms with Gasteiger partial charge >= 0.3 is 0 Å². The first kappa shape index (κ1) is 23.4. The highest BCUT2D eigenvalue weighted by atomic mass is 35.5. The largest absolute Gasteiger partial charge is 0.316 e. The van der Waals surface area contributed by atoms with E-state index in [1.54, 1.807) is 12.1 Å². The summed E-state index contributed by atoms with van der Waals surface area (Å²) in [5.74, 6) is -1.93. The van der Waals surface area contributed by atoms with E-state index >= 15 is 0 Å². The van der Waals surface area contributed by atoms with Crippen LogP contribution in [0.25, 0.3) is 11.8 Å². The first-order valence-corrected chi connectivity index (χ1v) is 11.1. The number of aryl methyl sites for hydroxylation is 1. The van der Waals surface area contributed by atoms with Crippen molar-refractivity contribution in [2.24, 2.45) is 0 Å². The van der Waals surface area contributed by atoms with Crippen molar-refractivity contribution in [2.75, 3.05) is 4.90 Å². The number of carbonyl (C=O) groups excluding carboxylic acids is 2. The molecular formula is C23H15Cl3FN3O2S. The van der Waals surface area contributed by atoms with Crippen LogP contribution < -0.4 is 10.2 Å². The molecule has 3 aromatic rings. The molecule has 5 nitrogen and oxygen atoms in total. The van der Waals surface area contributed by atoms with E-state index in [4.69, 9.17) is 47.0 Å². The molecule has 10 heteroatoms. The molecule has 2 heterocycles. The molecule has 33 heavy (non-hydrogen) atoms. The first-order chi connectivity index (χ1) is 15.6. The molecule has 1 aromatic heterocycles. The summed E-state index contributed by atoms with van der Waals surface area (Å²) < 4.78 is 15.5. The summed E-state index contributed by atoms with van der Waals surface area (Å²) in [6, 6.07) is 10.9. The molecule has 2 aromatic carbocycles. The highest BCUT2D eigenvalue weighted by Gasteiger charge is 2.35. The van der Waals surface area contributed by atoms with Gasteiger partial charge in [0.05, 0.1) is 26.4 Å². The number of nitrogens with zero attached hydrogens (tertiary/aromatic N) is 2. The molecule has 1 N–H and O–H groups in total. The van der Waals surface area contributed by atoms with Crippen LogP contribution in [0, 0.1) is 19.7 Å². The Labute approximate surface area is 209 Å². The van der Waals surface area contributed by atoms with Gasteiger partial charge in [-0.15, -0.1) is 0 Å². The fourth-order valence-corrected chi connectivity index (χ4v) is 4.48. The second kappa shape index (κ2) is 8.91. The number of benzene rings is 2. The van der Waals surface area contributed by atoms with Crippen LogP contribution in [-0.4, -0.2) is 21.5 Å². The molecule has 0 atom stereocenters. The van der Waals surface area contributed by atoms with Gasteiger partial charge in [-0.05, 0) is 74.1 Å². The Kier molecular flexibility index (Phi) is 6.33. The molecule has 1 aliphatic rings. The number of thiocarbonyl (C=S) groups is 1. The van der Waals surface area contributed by atoms with Gasteiger partial charge in [0.2, 0.25) is 0 Å². The minimum absolute atomic E-state index is 0.124. The van der Waals surface area contributed by atoms with Gasteiger partial charge < -0.3 is 4.57 Å². The van der Waals surface area contributed by atoms with Crippen LogP contribution in [0.5, 0.6) is 0 Å². The van der Waals surface area contributed by atoms with E-state index < -0.39 is 17.6 Å². The molecule has 4 rings (SSSR count). The van der Waals surface area contributed by atoms with Crippen molar-refractivity contribution in [3.8, 4) is 5.69 Å². The van der Waals surface area contributed by atoms with Crippen molar-refractivity contribution in [1.29, 1.82) is 0 Å². The molecule has 0 bridgehead atoms. The standard InChI is InChI=1S/C23H15Cl3FN3O2S/c1-11-8-13(12(2)29(11)19-5-3-4-16(24)20(19)26)9-15-21(31)28-23(33)30(22(15)32)14-6-7-18(27)17(25)10-14/h3-10H,1-2H3,(H,28,31,33)/b15-9+. The average molecular weight is 523 g/mol. The topological polar surface area (TPSA) is 54.3 Å². The van der Waals surface area contributed by atoms with Crippen molar-refractivity contribution in [1.82, 2.24) is 9.88 Å². The smallest absolute Gasteiger partial charge is 0.270 e. The lowest BCUT2D eigenvalue weighted by atomic mass is 10.1. The van der Waals surface area contributed by atoms with E-state index in [0.29, 0.717) is 21.3 Å². The second-order valence-electron chi connectivity index (χ2n) is 7.29. The lowest BCUT2D eigenvalue weighted by Gasteiger charge is -2.29. The zero-order valence-electron chi connectivity index (χ0n) is 17.2. The third kappa shape index (κ3) is 4.17. The van der Waals surface area contributed by atoms with Gasteiger partial charge in [-0.3, -0.25) is 19.8 Å². The van der Waals surface area contributed by atoms with Gasteiger partial charge in [-0.2, -0.15) is 0 Å². The summed E-state index contributed by atoms with van der Waals surface area (Å²) >= 11 is 23.6. The Hall–Kier alpha value is -2.71. The number of halogens is 4. The van der Waals surface area contributed by atoms with Crippen molar-refractivity contribution >= 4 is 75.7 Å². The normalized spacial score (nSPS) is 15.4. The minimum atomic E-state index is -0.656. The molecule has 1 fully saturated rings. The SMILES string of the molecule is Cc1cc(/C=C2\C(=O)NC(=S)N(c3ccc(F)c(Cl)c3)C2=O)c(C)n1-c1cccc(Cl)c1Cl. The van der Waals surface area contributed by atoms with Crippen LogP contribution >= 0.6 is 47.0 Å². The summed E-state index contributed by atoms with van der Waals surface area (Å²) in [4.78, 5) is 27.0. The third-order valence-corrected chi connectivity index (χ3v) is 6.59. The van der Waals surface area contributed by atoms with Crippen LogP contribution in [0.15, 0.2) is 48.0 Å². The summed E-state index contributed by atoms with van der Waals surface area (Å²) in [6.07, 6.45) is 1.48. The number of anilines is 1. The number of hydrogen-bond acceptors (Lipinski definition) is 3. The molecule has 1 saturated heterocycles. The van der Waals surface area contributed by atoms with E-state index in [2.05, 4.69) is 5.32 Å². The predicted molar refractivity (Wildman–Crippen MR) is 133 cm³/mol. The molecule has 2 amide bonds. The molecule has 0 spiro atoms. The summed E-state index contributed by atoms with van der Waals surface area (Å²) in [6.45, 7) is 3.71. The number of aromatic nitrogens is 1. The molecular weight excluding hydrogens is 508 g/mol. The van der Waals surface area contributed by atoms with Crippen LogP contribution in [0.3, 0.4) is 0 Å². The Balaban J connectivity index is 1.79. The van der Waals surface area contributed by atoms with Crippen molar-refractivity contribution in [3.05, 3.63) is 85.9 Å². The quantitative estimate of drug-likeness (QED) is 0.260. The number of carbonyl (C=O) groups is 2. The second-order valence-corrected chi connectivity index (χ2v) is 8.87. The number of nitrogens with one attached hydrogen (secondary N) is 1. The van der Waals surface area contributed by atoms with E-state index in [1.807, 2.05) is 30.5 Å². The summed E-state index contributed by atoms with van der Waals surface area (Å²) in [7, 11) is 0. The maximum atomic E-state index is 13.6. The van der Waals surface area contributed by atoms with Gasteiger partial charge in [0.25, 0.3) is 11.8 Å². The van der Waals surface area contributed by atoms with E-state index in [0.717, 1.165) is 22.4 Å². The van der Waals surface area contributed by atoms with Crippen molar-refractivity contribution in [3.63, 3.8) is 0 Å². The van der Waals surface area contributed by atoms with Crippen LogP contribution in [-0.2, 0) is 9.59 Å². The molecule has 0 unspecified atom stereocenters. The monoisotopic (exact) mass is 521 g/mol. The maximum absolute atomic E-state index is 13.6. The predicted octanol–water partition coefficient (Wildman–Crippen LogP) is 6.02. The minimum Gasteiger partial charge on any atom is -0.316 e.